The van der Waals surface area contributed by atoms with Gasteiger partial charge in [0.25, 0.3) is 0 Å². The number of halogens is 1. The van der Waals surface area contributed by atoms with E-state index in [4.69, 9.17) is 17.0 Å². The summed E-state index contributed by atoms with van der Waals surface area (Å²) in [6.07, 6.45) is 0.120. The van der Waals surface area contributed by atoms with E-state index < -0.39 is 12.0 Å². The van der Waals surface area contributed by atoms with Crippen molar-refractivity contribution >= 4 is 34.9 Å². The second-order valence-corrected chi connectivity index (χ2v) is 7.71. The molecule has 8 heteroatoms. The van der Waals surface area contributed by atoms with Crippen LogP contribution in [0.15, 0.2) is 59.8 Å². The first kappa shape index (κ1) is 23.4. The Morgan fingerprint density at radius 1 is 1.19 bits per heavy atom. The van der Waals surface area contributed by atoms with Crippen LogP contribution in [0.1, 0.15) is 37.9 Å². The molecular formula is C24H26FN3O3S. The van der Waals surface area contributed by atoms with Gasteiger partial charge in [-0.15, -0.1) is 0 Å². The van der Waals surface area contributed by atoms with Gasteiger partial charge in [-0.3, -0.25) is 4.79 Å². The molecule has 0 radical (unpaired) electrons. The molecule has 1 aliphatic heterocycles. The first-order chi connectivity index (χ1) is 15.3. The Bertz CT molecular complexity index is 1050. The Morgan fingerprint density at radius 2 is 1.91 bits per heavy atom. The molecule has 1 aliphatic rings. The molecule has 0 bridgehead atoms. The molecule has 0 aliphatic carbocycles. The highest BCUT2D eigenvalue weighted by atomic mass is 32.1. The highest BCUT2D eigenvalue weighted by Gasteiger charge is 2.34. The summed E-state index contributed by atoms with van der Waals surface area (Å²) < 4.78 is 18.4. The first-order valence-corrected chi connectivity index (χ1v) is 10.8. The van der Waals surface area contributed by atoms with E-state index in [2.05, 4.69) is 10.6 Å². The predicted molar refractivity (Wildman–Crippen MR) is 125 cm³/mol. The number of carbonyl (C=O) groups excluding carboxylic acids is 2. The van der Waals surface area contributed by atoms with Gasteiger partial charge in [-0.1, -0.05) is 24.3 Å². The lowest BCUT2D eigenvalue weighted by molar-refractivity contribution is -0.139. The molecule has 0 spiro atoms. The number of thiocarbonyl (C=S) groups is 1. The van der Waals surface area contributed by atoms with Crippen LogP contribution in [-0.2, 0) is 20.7 Å². The summed E-state index contributed by atoms with van der Waals surface area (Å²) in [5, 5.41) is 6.61. The maximum absolute atomic E-state index is 13.1. The van der Waals surface area contributed by atoms with E-state index in [0.29, 0.717) is 28.5 Å². The maximum atomic E-state index is 13.1. The van der Waals surface area contributed by atoms with Crippen LogP contribution >= 0.6 is 12.2 Å². The Balaban J connectivity index is 1.85. The fourth-order valence-corrected chi connectivity index (χ4v) is 4.06. The highest BCUT2D eigenvalue weighted by molar-refractivity contribution is 7.80. The number of allylic oxidation sites excluding steroid dienone is 1. The molecule has 6 nitrogen and oxygen atoms in total. The summed E-state index contributed by atoms with van der Waals surface area (Å²) in [6.45, 7) is 6.45. The highest BCUT2D eigenvalue weighted by Crippen LogP contribution is 2.32. The fraction of sp³-hybridized carbons (Fsp3) is 0.292. The zero-order valence-corrected chi connectivity index (χ0v) is 19.1. The van der Waals surface area contributed by atoms with E-state index in [0.717, 1.165) is 11.3 Å². The molecular weight excluding hydrogens is 429 g/mol. The summed E-state index contributed by atoms with van der Waals surface area (Å²) in [4.78, 5) is 27.1. The Morgan fingerprint density at radius 3 is 2.56 bits per heavy atom. The molecule has 32 heavy (non-hydrogen) atoms. The number of amides is 1. The normalized spacial score (nSPS) is 15.9. The van der Waals surface area contributed by atoms with Crippen molar-refractivity contribution in [3.05, 3.63) is 76.7 Å². The fourth-order valence-electron chi connectivity index (χ4n) is 3.67. The molecule has 2 N–H and O–H groups in total. The van der Waals surface area contributed by atoms with Crippen molar-refractivity contribution in [2.45, 2.75) is 33.2 Å². The van der Waals surface area contributed by atoms with Gasteiger partial charge in [0.1, 0.15) is 5.82 Å². The van der Waals surface area contributed by atoms with E-state index >= 15 is 0 Å². The topological polar surface area (TPSA) is 70.7 Å². The van der Waals surface area contributed by atoms with Crippen LogP contribution in [0.25, 0.3) is 0 Å². The molecule has 1 amide bonds. The zero-order valence-electron chi connectivity index (χ0n) is 18.3. The largest absolute Gasteiger partial charge is 0.463 e. The number of nitrogens with zero attached hydrogens (tertiary/aromatic N) is 1. The average Bonchev–Trinajstić information content (AvgIpc) is 2.75. The molecule has 0 aromatic heterocycles. The number of ether oxygens (including phenoxy) is 1. The van der Waals surface area contributed by atoms with Crippen LogP contribution < -0.4 is 10.6 Å². The van der Waals surface area contributed by atoms with E-state index in [9.17, 15) is 14.0 Å². The standard InChI is InChI=1S/C24H26FN3O3S/c1-4-28-15(3)21(23(30)31-5-2)22(27-24(28)32)17-7-6-8-19(14-17)26-20(29)13-16-9-11-18(25)12-10-16/h6-12,14,22H,4-5,13H2,1-3H3,(H,26,29)(H,27,32). The quantitative estimate of drug-likeness (QED) is 0.484. The van der Waals surface area contributed by atoms with Crippen molar-refractivity contribution < 1.29 is 18.7 Å². The molecule has 168 valence electrons. The van der Waals surface area contributed by atoms with Gasteiger partial charge in [0.15, 0.2) is 5.11 Å². The molecule has 2 aromatic rings. The minimum atomic E-state index is -0.502. The van der Waals surface area contributed by atoms with Crippen LogP contribution in [0.4, 0.5) is 10.1 Å². The first-order valence-electron chi connectivity index (χ1n) is 10.4. The summed E-state index contributed by atoms with van der Waals surface area (Å²) in [6, 6.07) is 12.6. The maximum Gasteiger partial charge on any atom is 0.338 e. The number of hydrogen-bond donors (Lipinski definition) is 2. The van der Waals surface area contributed by atoms with Gasteiger partial charge in [0.2, 0.25) is 5.91 Å². The smallest absolute Gasteiger partial charge is 0.338 e. The third-order valence-electron chi connectivity index (χ3n) is 5.19. The molecule has 3 rings (SSSR count). The number of benzene rings is 2. The van der Waals surface area contributed by atoms with Crippen LogP contribution in [0.5, 0.6) is 0 Å². The van der Waals surface area contributed by atoms with Gasteiger partial charge >= 0.3 is 5.97 Å². The minimum Gasteiger partial charge on any atom is -0.463 e. The minimum absolute atomic E-state index is 0.120. The summed E-state index contributed by atoms with van der Waals surface area (Å²) in [5.41, 5.74) is 3.29. The Hall–Kier alpha value is -3.26. The average molecular weight is 456 g/mol. The lowest BCUT2D eigenvalue weighted by Crippen LogP contribution is -2.47. The summed E-state index contributed by atoms with van der Waals surface area (Å²) in [5.74, 6) is -0.980. The van der Waals surface area contributed by atoms with Crippen molar-refractivity contribution in [3.63, 3.8) is 0 Å². The summed E-state index contributed by atoms with van der Waals surface area (Å²) >= 11 is 5.50. The van der Waals surface area contributed by atoms with Crippen molar-refractivity contribution in [3.8, 4) is 0 Å². The van der Waals surface area contributed by atoms with Gasteiger partial charge in [0.05, 0.1) is 24.6 Å². The van der Waals surface area contributed by atoms with Crippen LogP contribution in [0.2, 0.25) is 0 Å². The van der Waals surface area contributed by atoms with Crippen LogP contribution in [-0.4, -0.2) is 35.0 Å². The third-order valence-corrected chi connectivity index (χ3v) is 5.53. The number of carbonyl (C=O) groups is 2. The molecule has 1 heterocycles. The van der Waals surface area contributed by atoms with E-state index in [-0.39, 0.29) is 24.8 Å². The van der Waals surface area contributed by atoms with Crippen LogP contribution in [0, 0.1) is 5.82 Å². The van der Waals surface area contributed by atoms with E-state index in [1.54, 1.807) is 37.3 Å². The number of anilines is 1. The van der Waals surface area contributed by atoms with Gasteiger partial charge in [-0.25, -0.2) is 9.18 Å². The number of rotatable bonds is 7. The lowest BCUT2D eigenvalue weighted by atomic mass is 9.94. The monoisotopic (exact) mass is 455 g/mol. The van der Waals surface area contributed by atoms with Gasteiger partial charge in [0, 0.05) is 17.9 Å². The van der Waals surface area contributed by atoms with Gasteiger partial charge < -0.3 is 20.3 Å². The molecule has 0 saturated carbocycles. The predicted octanol–water partition coefficient (Wildman–Crippen LogP) is 4.10. The van der Waals surface area contributed by atoms with Gasteiger partial charge in [-0.2, -0.15) is 0 Å². The zero-order chi connectivity index (χ0) is 23.3. The molecule has 1 unspecified atom stereocenters. The third kappa shape index (κ3) is 5.31. The van der Waals surface area contributed by atoms with Crippen molar-refractivity contribution in [2.75, 3.05) is 18.5 Å². The molecule has 2 aromatic carbocycles. The SMILES string of the molecule is CCOC(=O)C1=C(C)N(CC)C(=S)NC1c1cccc(NC(=O)Cc2ccc(F)cc2)c1. The van der Waals surface area contributed by atoms with E-state index in [1.165, 1.54) is 12.1 Å². The van der Waals surface area contributed by atoms with Crippen LogP contribution in [0.3, 0.4) is 0 Å². The molecule has 1 atom stereocenters. The molecule has 0 fully saturated rings. The van der Waals surface area contributed by atoms with Crippen molar-refractivity contribution in [1.82, 2.24) is 10.2 Å². The Kier molecular flexibility index (Phi) is 7.58. The second-order valence-electron chi connectivity index (χ2n) is 7.32. The number of esters is 1. The van der Waals surface area contributed by atoms with Gasteiger partial charge in [-0.05, 0) is 68.4 Å². The Labute approximate surface area is 192 Å². The molecule has 0 saturated heterocycles. The van der Waals surface area contributed by atoms with Crippen molar-refractivity contribution in [1.29, 1.82) is 0 Å². The number of nitrogens with one attached hydrogen (secondary N) is 2. The number of hydrogen-bond acceptors (Lipinski definition) is 4. The van der Waals surface area contributed by atoms with Crippen molar-refractivity contribution in [2.24, 2.45) is 0 Å². The second kappa shape index (κ2) is 10.4. The van der Waals surface area contributed by atoms with E-state index in [1.807, 2.05) is 24.8 Å². The summed E-state index contributed by atoms with van der Waals surface area (Å²) in [7, 11) is 0. The lowest BCUT2D eigenvalue weighted by Gasteiger charge is -2.37.